The summed E-state index contributed by atoms with van der Waals surface area (Å²) in [4.78, 5) is 12.3. The molecule has 0 atom stereocenters. The number of nitrogens with zero attached hydrogens (tertiary/aromatic N) is 1. The van der Waals surface area contributed by atoms with Crippen LogP contribution in [0, 0.1) is 0 Å². The largest absolute Gasteiger partial charge is 0.348 e. The lowest BCUT2D eigenvalue weighted by molar-refractivity contribution is -0.123. The van der Waals surface area contributed by atoms with Crippen LogP contribution >= 0.6 is 0 Å². The fraction of sp³-hybridized carbons (Fsp3) is 0.533. The Morgan fingerprint density at radius 3 is 2.23 bits per heavy atom. The average Bonchev–Trinajstić information content (AvgIpc) is 2.53. The van der Waals surface area contributed by atoms with Crippen LogP contribution in [0.2, 0.25) is 0 Å². The lowest BCUT2D eigenvalue weighted by atomic mass is 9.93. The lowest BCUT2D eigenvalue weighted by Gasteiger charge is -2.32. The van der Waals surface area contributed by atoms with Crippen molar-refractivity contribution in [2.24, 2.45) is 5.73 Å². The molecule has 0 aliphatic rings. The van der Waals surface area contributed by atoms with Gasteiger partial charge in [-0.05, 0) is 25.0 Å². The summed E-state index contributed by atoms with van der Waals surface area (Å²) in [5.74, 6) is -0.351. The van der Waals surface area contributed by atoms with Gasteiger partial charge in [0.1, 0.15) is 0 Å². The number of benzene rings is 1. The highest BCUT2D eigenvalue weighted by Gasteiger charge is 2.29. The van der Waals surface area contributed by atoms with Gasteiger partial charge in [-0.3, -0.25) is 4.79 Å². The first kappa shape index (κ1) is 18.6. The fourth-order valence-corrected chi connectivity index (χ4v) is 3.31. The van der Waals surface area contributed by atoms with E-state index >= 15 is 0 Å². The summed E-state index contributed by atoms with van der Waals surface area (Å²) < 4.78 is 25.8. The van der Waals surface area contributed by atoms with Crippen LogP contribution in [0.4, 0.5) is 0 Å². The van der Waals surface area contributed by atoms with Crippen molar-refractivity contribution in [1.29, 1.82) is 0 Å². The molecule has 0 saturated carbocycles. The van der Waals surface area contributed by atoms with Gasteiger partial charge in [-0.1, -0.05) is 32.0 Å². The summed E-state index contributed by atoms with van der Waals surface area (Å²) in [6, 6.07) is 8.05. The third kappa shape index (κ3) is 4.28. The number of carbonyl (C=O) groups excluding carboxylic acids is 1. The Bertz CT molecular complexity index is 575. The van der Waals surface area contributed by atoms with E-state index in [0.717, 1.165) is 4.31 Å². The van der Waals surface area contributed by atoms with Crippen molar-refractivity contribution in [1.82, 2.24) is 9.62 Å². The highest BCUT2D eigenvalue weighted by atomic mass is 32.2. The molecule has 3 N–H and O–H groups in total. The highest BCUT2D eigenvalue weighted by molar-refractivity contribution is 7.89. The van der Waals surface area contributed by atoms with Gasteiger partial charge in [0.25, 0.3) is 0 Å². The number of hydrogen-bond acceptors (Lipinski definition) is 4. The smallest absolute Gasteiger partial charge is 0.243 e. The van der Waals surface area contributed by atoms with Gasteiger partial charge in [-0.2, -0.15) is 4.31 Å². The zero-order valence-corrected chi connectivity index (χ0v) is 14.2. The molecule has 0 radical (unpaired) electrons. The Labute approximate surface area is 132 Å². The molecular formula is C15H25N3O3S. The maximum Gasteiger partial charge on any atom is 0.243 e. The highest BCUT2D eigenvalue weighted by Crippen LogP contribution is 2.15. The van der Waals surface area contributed by atoms with Crippen molar-refractivity contribution < 1.29 is 13.2 Å². The van der Waals surface area contributed by atoms with E-state index in [1.807, 2.05) is 13.8 Å². The van der Waals surface area contributed by atoms with E-state index < -0.39 is 15.6 Å². The Morgan fingerprint density at radius 1 is 1.23 bits per heavy atom. The predicted molar refractivity (Wildman–Crippen MR) is 86.8 cm³/mol. The van der Waals surface area contributed by atoms with Gasteiger partial charge in [0.2, 0.25) is 15.9 Å². The maximum atomic E-state index is 12.4. The topological polar surface area (TPSA) is 92.5 Å². The molecule has 7 heteroatoms. The molecule has 6 nitrogen and oxygen atoms in total. The summed E-state index contributed by atoms with van der Waals surface area (Å²) in [5.41, 5.74) is 5.26. The van der Waals surface area contributed by atoms with Crippen LogP contribution in [-0.2, 0) is 14.8 Å². The van der Waals surface area contributed by atoms with Crippen LogP contribution in [0.15, 0.2) is 35.2 Å². The minimum Gasteiger partial charge on any atom is -0.348 e. The minimum atomic E-state index is -3.67. The first-order valence-electron chi connectivity index (χ1n) is 7.33. The molecule has 0 aromatic heterocycles. The van der Waals surface area contributed by atoms with E-state index in [4.69, 9.17) is 5.73 Å². The van der Waals surface area contributed by atoms with Gasteiger partial charge < -0.3 is 11.1 Å². The molecule has 0 bridgehead atoms. The van der Waals surface area contributed by atoms with Crippen molar-refractivity contribution in [3.05, 3.63) is 30.3 Å². The van der Waals surface area contributed by atoms with Gasteiger partial charge in [-0.25, -0.2) is 8.42 Å². The Balaban J connectivity index is 2.80. The SMILES string of the molecule is CCC(CC)(CN)NC(=O)CN(C)S(=O)(=O)c1ccccc1. The monoisotopic (exact) mass is 327 g/mol. The van der Waals surface area contributed by atoms with Crippen LogP contribution < -0.4 is 11.1 Å². The van der Waals surface area contributed by atoms with Gasteiger partial charge in [0, 0.05) is 13.6 Å². The van der Waals surface area contributed by atoms with Gasteiger partial charge >= 0.3 is 0 Å². The fourth-order valence-electron chi connectivity index (χ4n) is 2.16. The molecule has 1 aromatic carbocycles. The standard InChI is InChI=1S/C15H25N3O3S/c1-4-15(5-2,12-16)17-14(19)11-18(3)22(20,21)13-9-7-6-8-10-13/h6-10H,4-5,11-12,16H2,1-3H3,(H,17,19). The summed E-state index contributed by atoms with van der Waals surface area (Å²) in [6.07, 6.45) is 1.39. The van der Waals surface area contributed by atoms with Crippen molar-refractivity contribution >= 4 is 15.9 Å². The number of carbonyl (C=O) groups is 1. The molecular weight excluding hydrogens is 302 g/mol. The normalized spacial score (nSPS) is 12.4. The zero-order valence-electron chi connectivity index (χ0n) is 13.4. The molecule has 1 amide bonds. The van der Waals surface area contributed by atoms with Gasteiger partial charge in [0.15, 0.2) is 0 Å². The van der Waals surface area contributed by atoms with E-state index in [1.54, 1.807) is 18.2 Å². The third-order valence-corrected chi connectivity index (χ3v) is 5.78. The van der Waals surface area contributed by atoms with E-state index in [2.05, 4.69) is 5.32 Å². The number of likely N-dealkylation sites (N-methyl/N-ethyl adjacent to an activating group) is 1. The van der Waals surface area contributed by atoms with Crippen molar-refractivity contribution in [3.8, 4) is 0 Å². The van der Waals surface area contributed by atoms with Crippen LogP contribution in [-0.4, -0.2) is 44.3 Å². The second-order valence-electron chi connectivity index (χ2n) is 5.31. The number of nitrogens with two attached hydrogens (primary N) is 1. The van der Waals surface area contributed by atoms with Crippen molar-refractivity contribution in [3.63, 3.8) is 0 Å². The van der Waals surface area contributed by atoms with Crippen molar-refractivity contribution in [2.75, 3.05) is 20.1 Å². The van der Waals surface area contributed by atoms with Crippen LogP contribution in [0.3, 0.4) is 0 Å². The predicted octanol–water partition coefficient (Wildman–Crippen LogP) is 0.941. The van der Waals surface area contributed by atoms with Gasteiger partial charge in [-0.15, -0.1) is 0 Å². The molecule has 0 heterocycles. The van der Waals surface area contributed by atoms with Crippen molar-refractivity contribution in [2.45, 2.75) is 37.1 Å². The van der Waals surface area contributed by atoms with Crippen LogP contribution in [0.1, 0.15) is 26.7 Å². The summed E-state index contributed by atoms with van der Waals surface area (Å²) in [6.45, 7) is 3.97. The molecule has 0 aliphatic heterocycles. The molecule has 1 aromatic rings. The first-order chi connectivity index (χ1) is 10.3. The first-order valence-corrected chi connectivity index (χ1v) is 8.78. The lowest BCUT2D eigenvalue weighted by Crippen LogP contribution is -2.55. The number of hydrogen-bond donors (Lipinski definition) is 2. The molecule has 124 valence electrons. The Kier molecular flexibility index (Phi) is 6.52. The Morgan fingerprint density at radius 2 is 1.77 bits per heavy atom. The molecule has 0 unspecified atom stereocenters. The number of sulfonamides is 1. The summed E-state index contributed by atoms with van der Waals surface area (Å²) in [5, 5.41) is 2.86. The minimum absolute atomic E-state index is 0.168. The Hall–Kier alpha value is -1.44. The molecule has 0 saturated heterocycles. The molecule has 0 spiro atoms. The van der Waals surface area contributed by atoms with Crippen LogP contribution in [0.5, 0.6) is 0 Å². The molecule has 0 aliphatic carbocycles. The van der Waals surface area contributed by atoms with E-state index in [-0.39, 0.29) is 17.3 Å². The quantitative estimate of drug-likeness (QED) is 0.743. The van der Waals surface area contributed by atoms with E-state index in [0.29, 0.717) is 19.4 Å². The van der Waals surface area contributed by atoms with Gasteiger partial charge in [0.05, 0.1) is 17.0 Å². The third-order valence-electron chi connectivity index (χ3n) is 3.97. The second-order valence-corrected chi connectivity index (χ2v) is 7.36. The summed E-state index contributed by atoms with van der Waals surface area (Å²) >= 11 is 0. The van der Waals surface area contributed by atoms with E-state index in [9.17, 15) is 13.2 Å². The summed E-state index contributed by atoms with van der Waals surface area (Å²) in [7, 11) is -2.28. The zero-order chi connectivity index (χ0) is 16.8. The average molecular weight is 327 g/mol. The van der Waals surface area contributed by atoms with Crippen LogP contribution in [0.25, 0.3) is 0 Å². The number of nitrogens with one attached hydrogen (secondary N) is 1. The maximum absolute atomic E-state index is 12.4. The molecule has 1 rings (SSSR count). The number of amides is 1. The van der Waals surface area contributed by atoms with E-state index in [1.165, 1.54) is 19.2 Å². The second kappa shape index (κ2) is 7.71. The molecule has 22 heavy (non-hydrogen) atoms. The number of rotatable bonds is 8. The molecule has 0 fully saturated rings.